The second kappa shape index (κ2) is 10.8. The molecule has 7 heteroatoms. The van der Waals surface area contributed by atoms with Crippen LogP contribution < -0.4 is 4.74 Å². The number of aryl methyl sites for hydroxylation is 1. The van der Waals surface area contributed by atoms with Gasteiger partial charge >= 0.3 is 0 Å². The van der Waals surface area contributed by atoms with E-state index in [-0.39, 0.29) is 23.8 Å². The number of thiophene rings is 1. The van der Waals surface area contributed by atoms with Crippen molar-refractivity contribution in [2.24, 2.45) is 5.92 Å². The molecule has 3 heterocycles. The van der Waals surface area contributed by atoms with Gasteiger partial charge in [-0.25, -0.2) is 0 Å². The number of pyridine rings is 1. The van der Waals surface area contributed by atoms with Crippen molar-refractivity contribution in [3.8, 4) is 5.75 Å². The fourth-order valence-electron chi connectivity index (χ4n) is 4.70. The number of likely N-dealkylation sites (N-methyl/N-ethyl adjacent to an activating group) is 1. The third-order valence-corrected chi connectivity index (χ3v) is 7.62. The van der Waals surface area contributed by atoms with Gasteiger partial charge in [-0.05, 0) is 74.1 Å². The molecule has 2 amide bonds. The van der Waals surface area contributed by atoms with Crippen molar-refractivity contribution >= 4 is 23.2 Å². The lowest BCUT2D eigenvalue weighted by Gasteiger charge is -2.40. The fourth-order valence-corrected chi connectivity index (χ4v) is 5.53. The molecule has 1 aromatic carbocycles. The predicted octanol–water partition coefficient (Wildman–Crippen LogP) is 4.70. The Morgan fingerprint density at radius 2 is 1.97 bits per heavy atom. The average molecular weight is 478 g/mol. The van der Waals surface area contributed by atoms with Crippen LogP contribution in [0.3, 0.4) is 0 Å². The Balaban J connectivity index is 1.51. The van der Waals surface area contributed by atoms with E-state index in [0.717, 1.165) is 40.3 Å². The van der Waals surface area contributed by atoms with E-state index < -0.39 is 0 Å². The molecule has 0 spiro atoms. The Hall–Kier alpha value is -3.19. The van der Waals surface area contributed by atoms with Crippen LogP contribution in [0.25, 0.3) is 0 Å². The molecule has 6 nitrogen and oxygen atoms in total. The summed E-state index contributed by atoms with van der Waals surface area (Å²) in [7, 11) is 3.54. The highest BCUT2D eigenvalue weighted by Gasteiger charge is 2.33. The van der Waals surface area contributed by atoms with E-state index in [9.17, 15) is 9.59 Å². The number of carbonyl (C=O) groups is 2. The molecule has 0 unspecified atom stereocenters. The van der Waals surface area contributed by atoms with Crippen LogP contribution in [0.1, 0.15) is 43.3 Å². The Morgan fingerprint density at radius 1 is 1.18 bits per heavy atom. The molecule has 2 aromatic heterocycles. The summed E-state index contributed by atoms with van der Waals surface area (Å²) in [4.78, 5) is 36.1. The molecule has 1 fully saturated rings. The van der Waals surface area contributed by atoms with Crippen molar-refractivity contribution in [3.05, 3.63) is 81.8 Å². The number of aromatic nitrogens is 1. The van der Waals surface area contributed by atoms with Crippen molar-refractivity contribution in [1.82, 2.24) is 14.8 Å². The summed E-state index contributed by atoms with van der Waals surface area (Å²) in [5, 5.41) is 0. The Kier molecular flexibility index (Phi) is 7.63. The van der Waals surface area contributed by atoms with Crippen molar-refractivity contribution in [2.45, 2.75) is 32.2 Å². The maximum Gasteiger partial charge on any atom is 0.263 e. The summed E-state index contributed by atoms with van der Waals surface area (Å²) < 4.78 is 5.41. The lowest BCUT2D eigenvalue weighted by Crippen LogP contribution is -2.48. The quantitative estimate of drug-likeness (QED) is 0.495. The van der Waals surface area contributed by atoms with E-state index >= 15 is 0 Å². The largest absolute Gasteiger partial charge is 0.497 e. The molecule has 1 atom stereocenters. The van der Waals surface area contributed by atoms with Crippen LogP contribution in [0.5, 0.6) is 5.75 Å². The number of hydrogen-bond acceptors (Lipinski definition) is 5. The molecule has 34 heavy (non-hydrogen) atoms. The zero-order valence-electron chi connectivity index (χ0n) is 19.9. The molecule has 1 saturated heterocycles. The first-order valence-electron chi connectivity index (χ1n) is 11.6. The molecule has 0 aliphatic carbocycles. The van der Waals surface area contributed by atoms with Gasteiger partial charge in [0.25, 0.3) is 11.8 Å². The fraction of sp³-hybridized carbons (Fsp3) is 0.370. The van der Waals surface area contributed by atoms with Gasteiger partial charge in [0, 0.05) is 43.4 Å². The Morgan fingerprint density at radius 3 is 2.62 bits per heavy atom. The minimum Gasteiger partial charge on any atom is -0.497 e. The molecule has 0 saturated carbocycles. The molecular weight excluding hydrogens is 446 g/mol. The maximum atomic E-state index is 13.3. The number of carbonyl (C=O) groups excluding carboxylic acids is 2. The van der Waals surface area contributed by atoms with Gasteiger partial charge in [-0.2, -0.15) is 0 Å². The lowest BCUT2D eigenvalue weighted by molar-refractivity contribution is 0.0524. The second-order valence-corrected chi connectivity index (χ2v) is 10.1. The number of methoxy groups -OCH3 is 1. The first-order valence-corrected chi connectivity index (χ1v) is 12.4. The normalized spacial score (nSPS) is 15.1. The van der Waals surface area contributed by atoms with E-state index in [1.54, 1.807) is 43.0 Å². The van der Waals surface area contributed by atoms with Crippen molar-refractivity contribution < 1.29 is 14.3 Å². The summed E-state index contributed by atoms with van der Waals surface area (Å²) >= 11 is 1.55. The average Bonchev–Trinajstić information content (AvgIpc) is 3.33. The number of likely N-dealkylation sites (tertiary alicyclic amines) is 1. The van der Waals surface area contributed by atoms with Gasteiger partial charge in [0.2, 0.25) is 0 Å². The number of nitrogens with zero attached hydrogens (tertiary/aromatic N) is 3. The van der Waals surface area contributed by atoms with Crippen LogP contribution in [-0.4, -0.2) is 59.9 Å². The zero-order valence-corrected chi connectivity index (χ0v) is 20.8. The van der Waals surface area contributed by atoms with E-state index in [4.69, 9.17) is 4.74 Å². The molecule has 0 radical (unpaired) electrons. The number of amides is 2. The number of ether oxygens (including phenoxy) is 1. The summed E-state index contributed by atoms with van der Waals surface area (Å²) in [6.07, 6.45) is 5.73. The molecule has 4 rings (SSSR count). The summed E-state index contributed by atoms with van der Waals surface area (Å²) in [5.74, 6) is 1.17. The van der Waals surface area contributed by atoms with Gasteiger partial charge in [0.15, 0.2) is 0 Å². The van der Waals surface area contributed by atoms with Crippen LogP contribution in [0.2, 0.25) is 0 Å². The van der Waals surface area contributed by atoms with Crippen LogP contribution >= 0.6 is 11.3 Å². The van der Waals surface area contributed by atoms with Crippen LogP contribution in [-0.2, 0) is 6.42 Å². The molecule has 0 bridgehead atoms. The van der Waals surface area contributed by atoms with Crippen LogP contribution in [0.15, 0.2) is 60.9 Å². The molecule has 3 aromatic rings. The van der Waals surface area contributed by atoms with Gasteiger partial charge < -0.3 is 14.5 Å². The standard InChI is InChI=1S/C27H31N3O3S/c1-19-9-10-25(34-19)27(32)30-14-11-21(12-15-30)24(17-20-6-4-8-23(16-20)33-3)29(2)26(31)22-7-5-13-28-18-22/h4-10,13,16,18,21,24H,11-12,14-15,17H2,1-3H3/t24-/m1/s1. The van der Waals surface area contributed by atoms with Gasteiger partial charge in [0.05, 0.1) is 17.6 Å². The maximum absolute atomic E-state index is 13.3. The zero-order chi connectivity index (χ0) is 24.1. The Labute approximate surface area is 205 Å². The van der Waals surface area contributed by atoms with Gasteiger partial charge in [-0.1, -0.05) is 12.1 Å². The van der Waals surface area contributed by atoms with E-state index in [1.807, 2.05) is 54.1 Å². The summed E-state index contributed by atoms with van der Waals surface area (Å²) in [6.45, 7) is 3.42. The topological polar surface area (TPSA) is 62.7 Å². The smallest absolute Gasteiger partial charge is 0.263 e. The monoisotopic (exact) mass is 477 g/mol. The minimum absolute atomic E-state index is 0.000969. The first-order chi connectivity index (χ1) is 16.5. The molecule has 0 N–H and O–H groups in total. The van der Waals surface area contributed by atoms with Crippen molar-refractivity contribution in [3.63, 3.8) is 0 Å². The first kappa shape index (κ1) is 24.0. The third-order valence-electron chi connectivity index (χ3n) is 6.63. The highest BCUT2D eigenvalue weighted by Crippen LogP contribution is 2.29. The molecule has 178 valence electrons. The summed E-state index contributed by atoms with van der Waals surface area (Å²) in [6, 6.07) is 15.5. The number of piperidine rings is 1. The van der Waals surface area contributed by atoms with Gasteiger partial charge in [-0.3, -0.25) is 14.6 Å². The third kappa shape index (κ3) is 5.47. The van der Waals surface area contributed by atoms with Gasteiger partial charge in [-0.15, -0.1) is 11.3 Å². The predicted molar refractivity (Wildman–Crippen MR) is 134 cm³/mol. The Bertz CT molecular complexity index is 1120. The SMILES string of the molecule is COc1cccc(C[C@H](C2CCN(C(=O)c3ccc(C)s3)CC2)N(C)C(=O)c2cccnc2)c1. The van der Waals surface area contributed by atoms with Crippen LogP contribution in [0, 0.1) is 12.8 Å². The highest BCUT2D eigenvalue weighted by molar-refractivity contribution is 7.13. The highest BCUT2D eigenvalue weighted by atomic mass is 32.1. The van der Waals surface area contributed by atoms with Crippen LogP contribution in [0.4, 0.5) is 0 Å². The molecule has 1 aliphatic rings. The minimum atomic E-state index is -0.0337. The van der Waals surface area contributed by atoms with E-state index in [0.29, 0.717) is 18.7 Å². The van der Waals surface area contributed by atoms with E-state index in [2.05, 4.69) is 11.1 Å². The number of hydrogen-bond donors (Lipinski definition) is 0. The van der Waals surface area contributed by atoms with Crippen molar-refractivity contribution in [2.75, 3.05) is 27.2 Å². The lowest BCUT2D eigenvalue weighted by atomic mass is 9.84. The van der Waals surface area contributed by atoms with Crippen molar-refractivity contribution in [1.29, 1.82) is 0 Å². The van der Waals surface area contributed by atoms with E-state index in [1.165, 1.54) is 0 Å². The second-order valence-electron chi connectivity index (χ2n) is 8.82. The molecule has 1 aliphatic heterocycles. The summed E-state index contributed by atoms with van der Waals surface area (Å²) in [5.41, 5.74) is 1.71. The van der Waals surface area contributed by atoms with Gasteiger partial charge in [0.1, 0.15) is 5.75 Å². The molecular formula is C27H31N3O3S. The number of benzene rings is 1. The number of rotatable bonds is 7.